The van der Waals surface area contributed by atoms with E-state index < -0.39 is 28.8 Å². The molecular weight excluding hydrogens is 347 g/mol. The molecule has 1 amide bonds. The lowest BCUT2D eigenvalue weighted by Gasteiger charge is -2.40. The zero-order chi connectivity index (χ0) is 19.3. The van der Waals surface area contributed by atoms with Gasteiger partial charge in [-0.05, 0) is 45.2 Å². The van der Waals surface area contributed by atoms with Crippen LogP contribution in [0.2, 0.25) is 0 Å². The van der Waals surface area contributed by atoms with Crippen molar-refractivity contribution in [2.24, 2.45) is 0 Å². The van der Waals surface area contributed by atoms with Crippen molar-refractivity contribution >= 4 is 11.9 Å². The molecule has 0 atom stereocenters. The highest BCUT2D eigenvalue weighted by molar-refractivity contribution is 6.02. The highest BCUT2D eigenvalue weighted by Crippen LogP contribution is 2.50. The monoisotopic (exact) mass is 369 g/mol. The second-order valence-electron chi connectivity index (χ2n) is 8.07. The third kappa shape index (κ3) is 3.31. The summed E-state index contributed by atoms with van der Waals surface area (Å²) in [6, 6.07) is 3.80. The van der Waals surface area contributed by atoms with Gasteiger partial charge in [-0.3, -0.25) is 4.79 Å². The standard InChI is InChI=1S/C19H22F3NO3/c1-17(2,3)26-16(25)23-9-7-18(8-10-23)11-14(24)12-5-4-6-13(15(12)18)19(20,21)22/h4-6H,7-11H2,1-3H3. The number of alkyl halides is 3. The van der Waals surface area contributed by atoms with Gasteiger partial charge in [-0.1, -0.05) is 12.1 Å². The zero-order valence-corrected chi connectivity index (χ0v) is 15.1. The largest absolute Gasteiger partial charge is 0.444 e. The molecule has 1 aromatic carbocycles. The van der Waals surface area contributed by atoms with Crippen molar-refractivity contribution in [3.8, 4) is 0 Å². The predicted molar refractivity (Wildman–Crippen MR) is 89.1 cm³/mol. The van der Waals surface area contributed by atoms with Crippen LogP contribution in [0.3, 0.4) is 0 Å². The van der Waals surface area contributed by atoms with Crippen molar-refractivity contribution in [1.29, 1.82) is 0 Å². The number of nitrogens with zero attached hydrogens (tertiary/aromatic N) is 1. The molecule has 1 aliphatic heterocycles. The maximum atomic E-state index is 13.5. The summed E-state index contributed by atoms with van der Waals surface area (Å²) in [6.45, 7) is 5.83. The predicted octanol–water partition coefficient (Wildman–Crippen LogP) is 4.56. The summed E-state index contributed by atoms with van der Waals surface area (Å²) in [7, 11) is 0. The molecule has 142 valence electrons. The van der Waals surface area contributed by atoms with Gasteiger partial charge in [0, 0.05) is 30.5 Å². The Morgan fingerprint density at radius 2 is 1.77 bits per heavy atom. The molecule has 0 radical (unpaired) electrons. The van der Waals surface area contributed by atoms with Crippen LogP contribution in [0.15, 0.2) is 18.2 Å². The van der Waals surface area contributed by atoms with Crippen molar-refractivity contribution in [1.82, 2.24) is 4.90 Å². The molecule has 3 rings (SSSR count). The number of amides is 1. The van der Waals surface area contributed by atoms with Crippen LogP contribution in [0.5, 0.6) is 0 Å². The first-order valence-electron chi connectivity index (χ1n) is 8.65. The lowest BCUT2D eigenvalue weighted by Crippen LogP contribution is -2.46. The van der Waals surface area contributed by atoms with E-state index in [4.69, 9.17) is 4.74 Å². The normalized spacial score (nSPS) is 19.6. The molecule has 0 aromatic heterocycles. The number of benzene rings is 1. The minimum atomic E-state index is -4.51. The second-order valence-corrected chi connectivity index (χ2v) is 8.07. The number of rotatable bonds is 0. The molecule has 0 N–H and O–H groups in total. The number of fused-ring (bicyclic) bond motifs is 2. The molecule has 26 heavy (non-hydrogen) atoms. The number of hydrogen-bond acceptors (Lipinski definition) is 3. The quantitative estimate of drug-likeness (QED) is 0.673. The summed E-state index contributed by atoms with van der Waals surface area (Å²) < 4.78 is 45.8. The van der Waals surface area contributed by atoms with Gasteiger partial charge in [0.25, 0.3) is 0 Å². The molecular formula is C19H22F3NO3. The van der Waals surface area contributed by atoms with E-state index in [1.807, 2.05) is 0 Å². The molecule has 0 bridgehead atoms. The van der Waals surface area contributed by atoms with E-state index in [2.05, 4.69) is 0 Å². The van der Waals surface area contributed by atoms with E-state index in [1.165, 1.54) is 17.0 Å². The van der Waals surface area contributed by atoms with Crippen molar-refractivity contribution in [3.05, 3.63) is 34.9 Å². The van der Waals surface area contributed by atoms with Crippen molar-refractivity contribution < 1.29 is 27.5 Å². The van der Waals surface area contributed by atoms with Gasteiger partial charge >= 0.3 is 12.3 Å². The Morgan fingerprint density at radius 3 is 2.31 bits per heavy atom. The van der Waals surface area contributed by atoms with Gasteiger partial charge in [0.1, 0.15) is 5.60 Å². The number of likely N-dealkylation sites (tertiary alicyclic amines) is 1. The fourth-order valence-corrected chi connectivity index (χ4v) is 3.95. The van der Waals surface area contributed by atoms with Crippen LogP contribution in [0.1, 0.15) is 61.5 Å². The molecule has 1 fully saturated rings. The summed E-state index contributed by atoms with van der Waals surface area (Å²) >= 11 is 0. The summed E-state index contributed by atoms with van der Waals surface area (Å²) in [4.78, 5) is 26.1. The number of halogens is 3. The van der Waals surface area contributed by atoms with E-state index in [9.17, 15) is 22.8 Å². The number of Topliss-reactive ketones (excluding diaryl/α,β-unsaturated/α-hetero) is 1. The summed E-state index contributed by atoms with van der Waals surface area (Å²) in [5.41, 5.74) is -1.93. The molecule has 1 aliphatic carbocycles. The zero-order valence-electron chi connectivity index (χ0n) is 15.1. The third-order valence-electron chi connectivity index (χ3n) is 5.07. The highest BCUT2D eigenvalue weighted by atomic mass is 19.4. The number of carbonyl (C=O) groups excluding carboxylic acids is 2. The number of ketones is 1. The molecule has 0 unspecified atom stereocenters. The average Bonchev–Trinajstić information content (AvgIpc) is 2.78. The number of hydrogen-bond donors (Lipinski definition) is 0. The van der Waals surface area contributed by atoms with Gasteiger partial charge in [-0.2, -0.15) is 13.2 Å². The summed E-state index contributed by atoms with van der Waals surface area (Å²) in [5.74, 6) is -0.253. The lowest BCUT2D eigenvalue weighted by molar-refractivity contribution is -0.139. The molecule has 1 heterocycles. The molecule has 4 nitrogen and oxygen atoms in total. The van der Waals surface area contributed by atoms with E-state index in [1.54, 1.807) is 20.8 Å². The van der Waals surface area contributed by atoms with Crippen LogP contribution in [-0.4, -0.2) is 35.5 Å². The Labute approximate surface area is 150 Å². The van der Waals surface area contributed by atoms with Gasteiger partial charge in [-0.15, -0.1) is 0 Å². The molecule has 1 aromatic rings. The smallest absolute Gasteiger partial charge is 0.416 e. The Balaban J connectivity index is 1.88. The fraction of sp³-hybridized carbons (Fsp3) is 0.579. The lowest BCUT2D eigenvalue weighted by atomic mass is 9.72. The van der Waals surface area contributed by atoms with Crippen molar-refractivity contribution in [3.63, 3.8) is 0 Å². The molecule has 0 saturated carbocycles. The number of piperidine rings is 1. The Bertz CT molecular complexity index is 741. The van der Waals surface area contributed by atoms with Gasteiger partial charge in [-0.25, -0.2) is 4.79 Å². The average molecular weight is 369 g/mol. The van der Waals surface area contributed by atoms with E-state index in [0.717, 1.165) is 6.07 Å². The first kappa shape index (κ1) is 18.7. The topological polar surface area (TPSA) is 46.6 Å². The number of ether oxygens (including phenoxy) is 1. The van der Waals surface area contributed by atoms with Gasteiger partial charge in [0.2, 0.25) is 0 Å². The van der Waals surface area contributed by atoms with Crippen LogP contribution >= 0.6 is 0 Å². The van der Waals surface area contributed by atoms with Crippen LogP contribution in [0, 0.1) is 0 Å². The van der Waals surface area contributed by atoms with Gasteiger partial charge in [0.05, 0.1) is 5.56 Å². The molecule has 7 heteroatoms. The second kappa shape index (κ2) is 5.99. The fourth-order valence-electron chi connectivity index (χ4n) is 3.95. The van der Waals surface area contributed by atoms with Crippen molar-refractivity contribution in [2.75, 3.05) is 13.1 Å². The van der Waals surface area contributed by atoms with Crippen molar-refractivity contribution in [2.45, 2.75) is 57.2 Å². The van der Waals surface area contributed by atoms with Gasteiger partial charge < -0.3 is 9.64 Å². The van der Waals surface area contributed by atoms with Gasteiger partial charge in [0.15, 0.2) is 5.78 Å². The van der Waals surface area contributed by atoms with Crippen LogP contribution in [0.4, 0.5) is 18.0 Å². The Kier molecular flexibility index (Phi) is 4.32. The molecule has 1 saturated heterocycles. The first-order valence-corrected chi connectivity index (χ1v) is 8.65. The minimum Gasteiger partial charge on any atom is -0.444 e. The molecule has 2 aliphatic rings. The maximum absolute atomic E-state index is 13.5. The highest BCUT2D eigenvalue weighted by Gasteiger charge is 2.50. The van der Waals surface area contributed by atoms with Crippen LogP contribution in [-0.2, 0) is 16.3 Å². The van der Waals surface area contributed by atoms with E-state index in [0.29, 0.717) is 12.8 Å². The molecule has 1 spiro atoms. The third-order valence-corrected chi connectivity index (χ3v) is 5.07. The maximum Gasteiger partial charge on any atom is 0.416 e. The van der Waals surface area contributed by atoms with Crippen LogP contribution < -0.4 is 0 Å². The Hall–Kier alpha value is -2.05. The summed E-state index contributed by atoms with van der Waals surface area (Å²) in [6.07, 6.45) is -4.28. The minimum absolute atomic E-state index is 0.0670. The Morgan fingerprint density at radius 1 is 1.15 bits per heavy atom. The van der Waals surface area contributed by atoms with Crippen LogP contribution in [0.25, 0.3) is 0 Å². The summed E-state index contributed by atoms with van der Waals surface area (Å²) in [5, 5.41) is 0. The van der Waals surface area contributed by atoms with E-state index in [-0.39, 0.29) is 36.4 Å². The SMILES string of the molecule is CC(C)(C)OC(=O)N1CCC2(CC1)CC(=O)c1cccc(C(F)(F)F)c12. The first-order chi connectivity index (χ1) is 11.9. The number of carbonyl (C=O) groups is 2. The van der Waals surface area contributed by atoms with E-state index >= 15 is 0 Å².